The van der Waals surface area contributed by atoms with Crippen molar-refractivity contribution in [2.75, 3.05) is 13.1 Å². The summed E-state index contributed by atoms with van der Waals surface area (Å²) in [5, 5.41) is 2.09. The number of carbonyl (C=O) groups is 2. The number of nitrogens with one attached hydrogen (secondary N) is 1. The quantitative estimate of drug-likeness (QED) is 0.707. The van der Waals surface area contributed by atoms with Crippen LogP contribution >= 0.6 is 0 Å². The first-order chi connectivity index (χ1) is 7.11. The molecule has 4 amide bonds. The summed E-state index contributed by atoms with van der Waals surface area (Å²) in [5.74, 6) is 0. The summed E-state index contributed by atoms with van der Waals surface area (Å²) in [4.78, 5) is 23.6. The number of primary amides is 1. The SMILES string of the molecule is CCCCN(CCCC)C(=O)NC(N)=O. The molecule has 3 N–H and O–H groups in total. The van der Waals surface area contributed by atoms with E-state index in [1.165, 1.54) is 0 Å². The van der Waals surface area contributed by atoms with Crippen LogP contribution in [0.2, 0.25) is 0 Å². The number of urea groups is 2. The van der Waals surface area contributed by atoms with Crippen LogP contribution in [0.25, 0.3) is 0 Å². The molecule has 0 aliphatic heterocycles. The lowest BCUT2D eigenvalue weighted by atomic mass is 10.3. The van der Waals surface area contributed by atoms with E-state index in [2.05, 4.69) is 19.2 Å². The average molecular weight is 215 g/mol. The highest BCUT2D eigenvalue weighted by molar-refractivity contribution is 5.92. The van der Waals surface area contributed by atoms with Crippen LogP contribution in [0.15, 0.2) is 0 Å². The first-order valence-electron chi connectivity index (χ1n) is 5.47. The number of amides is 4. The lowest BCUT2D eigenvalue weighted by molar-refractivity contribution is 0.195. The molecule has 0 rings (SSSR count). The summed E-state index contributed by atoms with van der Waals surface area (Å²) >= 11 is 0. The number of carbonyl (C=O) groups excluding carboxylic acids is 2. The molecule has 0 atom stereocenters. The molecule has 5 nitrogen and oxygen atoms in total. The third kappa shape index (κ3) is 6.76. The molecule has 5 heteroatoms. The Morgan fingerprint density at radius 3 is 1.93 bits per heavy atom. The summed E-state index contributed by atoms with van der Waals surface area (Å²) in [5.41, 5.74) is 4.89. The molecule has 0 fully saturated rings. The van der Waals surface area contributed by atoms with Crippen LogP contribution in [-0.4, -0.2) is 30.1 Å². The number of nitrogens with zero attached hydrogens (tertiary/aromatic N) is 1. The lowest BCUT2D eigenvalue weighted by Crippen LogP contribution is -2.45. The first kappa shape index (κ1) is 13.7. The van der Waals surface area contributed by atoms with E-state index in [9.17, 15) is 9.59 Å². The van der Waals surface area contributed by atoms with Crippen molar-refractivity contribution in [2.24, 2.45) is 5.73 Å². The fraction of sp³-hybridized carbons (Fsp3) is 0.800. The predicted molar refractivity (Wildman–Crippen MR) is 59.5 cm³/mol. The Kier molecular flexibility index (Phi) is 7.40. The third-order valence-corrected chi connectivity index (χ3v) is 2.08. The molecule has 0 spiro atoms. The molecule has 0 saturated heterocycles. The molecular formula is C10H21N3O2. The molecule has 0 saturated carbocycles. The Hall–Kier alpha value is -1.26. The van der Waals surface area contributed by atoms with E-state index >= 15 is 0 Å². The molecule has 0 aromatic carbocycles. The van der Waals surface area contributed by atoms with Crippen molar-refractivity contribution in [2.45, 2.75) is 39.5 Å². The van der Waals surface area contributed by atoms with E-state index in [4.69, 9.17) is 5.73 Å². The van der Waals surface area contributed by atoms with Gasteiger partial charge in [-0.2, -0.15) is 0 Å². The van der Waals surface area contributed by atoms with E-state index in [-0.39, 0.29) is 6.03 Å². The van der Waals surface area contributed by atoms with Gasteiger partial charge in [0.1, 0.15) is 0 Å². The smallest absolute Gasteiger partial charge is 0.325 e. The zero-order chi connectivity index (χ0) is 11.7. The summed E-state index contributed by atoms with van der Waals surface area (Å²) in [6.45, 7) is 5.47. The molecule has 0 bridgehead atoms. The van der Waals surface area contributed by atoms with Crippen molar-refractivity contribution in [3.05, 3.63) is 0 Å². The molecule has 0 radical (unpaired) electrons. The van der Waals surface area contributed by atoms with Crippen LogP contribution in [-0.2, 0) is 0 Å². The molecule has 0 aromatic rings. The van der Waals surface area contributed by atoms with Crippen molar-refractivity contribution in [1.82, 2.24) is 10.2 Å². The highest BCUT2D eigenvalue weighted by Gasteiger charge is 2.13. The molecule has 88 valence electrons. The average Bonchev–Trinajstić information content (AvgIpc) is 2.17. The maximum atomic E-state index is 11.5. The van der Waals surface area contributed by atoms with Gasteiger partial charge in [0.15, 0.2) is 0 Å². The molecule has 0 aromatic heterocycles. The Labute approximate surface area is 91.0 Å². The zero-order valence-corrected chi connectivity index (χ0v) is 9.58. The topological polar surface area (TPSA) is 75.4 Å². The second-order valence-electron chi connectivity index (χ2n) is 3.49. The predicted octanol–water partition coefficient (Wildman–Crippen LogP) is 1.68. The Morgan fingerprint density at radius 1 is 1.13 bits per heavy atom. The number of hydrogen-bond acceptors (Lipinski definition) is 2. The van der Waals surface area contributed by atoms with Gasteiger partial charge >= 0.3 is 12.1 Å². The van der Waals surface area contributed by atoms with Gasteiger partial charge in [-0.25, -0.2) is 9.59 Å². The monoisotopic (exact) mass is 215 g/mol. The van der Waals surface area contributed by atoms with E-state index in [1.54, 1.807) is 4.90 Å². The van der Waals surface area contributed by atoms with Crippen LogP contribution in [0.5, 0.6) is 0 Å². The van der Waals surface area contributed by atoms with E-state index < -0.39 is 6.03 Å². The summed E-state index contributed by atoms with van der Waals surface area (Å²) in [6, 6.07) is -1.18. The third-order valence-electron chi connectivity index (χ3n) is 2.08. The van der Waals surface area contributed by atoms with Crippen LogP contribution in [0.4, 0.5) is 9.59 Å². The number of hydrogen-bond donors (Lipinski definition) is 2. The molecule has 0 heterocycles. The number of nitrogens with two attached hydrogens (primary N) is 1. The maximum absolute atomic E-state index is 11.5. The fourth-order valence-corrected chi connectivity index (χ4v) is 1.20. The molecule has 15 heavy (non-hydrogen) atoms. The highest BCUT2D eigenvalue weighted by Crippen LogP contribution is 1.99. The van der Waals surface area contributed by atoms with Crippen molar-refractivity contribution in [1.29, 1.82) is 0 Å². The minimum absolute atomic E-state index is 0.385. The second kappa shape index (κ2) is 8.08. The van der Waals surface area contributed by atoms with Crippen LogP contribution in [0.1, 0.15) is 39.5 Å². The van der Waals surface area contributed by atoms with Crippen LogP contribution in [0.3, 0.4) is 0 Å². The normalized spacial score (nSPS) is 9.73. The standard InChI is InChI=1S/C10H21N3O2/c1-3-5-7-13(8-6-4-2)10(15)12-9(11)14/h3-8H2,1-2H3,(H3,11,12,14,15). The van der Waals surface area contributed by atoms with Gasteiger partial charge in [-0.3, -0.25) is 5.32 Å². The fourth-order valence-electron chi connectivity index (χ4n) is 1.20. The van der Waals surface area contributed by atoms with Gasteiger partial charge in [0.25, 0.3) is 0 Å². The summed E-state index contributed by atoms with van der Waals surface area (Å²) in [6.07, 6.45) is 3.92. The molecule has 0 unspecified atom stereocenters. The van der Waals surface area contributed by atoms with Crippen molar-refractivity contribution >= 4 is 12.1 Å². The van der Waals surface area contributed by atoms with Gasteiger partial charge < -0.3 is 10.6 Å². The number of rotatable bonds is 6. The minimum Gasteiger partial charge on any atom is -0.351 e. The van der Waals surface area contributed by atoms with Gasteiger partial charge in [0, 0.05) is 13.1 Å². The largest absolute Gasteiger partial charge is 0.351 e. The van der Waals surface area contributed by atoms with E-state index in [1.807, 2.05) is 0 Å². The van der Waals surface area contributed by atoms with Gasteiger partial charge in [-0.05, 0) is 12.8 Å². The van der Waals surface area contributed by atoms with Gasteiger partial charge in [0.05, 0.1) is 0 Å². The zero-order valence-electron chi connectivity index (χ0n) is 9.58. The Bertz CT molecular complexity index is 199. The summed E-state index contributed by atoms with van der Waals surface area (Å²) in [7, 11) is 0. The van der Waals surface area contributed by atoms with Gasteiger partial charge in [0.2, 0.25) is 0 Å². The van der Waals surface area contributed by atoms with Gasteiger partial charge in [-0.1, -0.05) is 26.7 Å². The lowest BCUT2D eigenvalue weighted by Gasteiger charge is -2.21. The minimum atomic E-state index is -0.794. The van der Waals surface area contributed by atoms with Crippen LogP contribution < -0.4 is 11.1 Å². The van der Waals surface area contributed by atoms with Crippen molar-refractivity contribution < 1.29 is 9.59 Å². The Morgan fingerprint density at radius 2 is 1.60 bits per heavy atom. The van der Waals surface area contributed by atoms with Crippen LogP contribution in [0, 0.1) is 0 Å². The highest BCUT2D eigenvalue weighted by atomic mass is 16.2. The molecule has 0 aliphatic carbocycles. The maximum Gasteiger partial charge on any atom is 0.325 e. The second-order valence-corrected chi connectivity index (χ2v) is 3.49. The van der Waals surface area contributed by atoms with Crippen molar-refractivity contribution in [3.8, 4) is 0 Å². The first-order valence-corrected chi connectivity index (χ1v) is 5.47. The van der Waals surface area contributed by atoms with Gasteiger partial charge in [-0.15, -0.1) is 0 Å². The number of unbranched alkanes of at least 4 members (excludes halogenated alkanes) is 2. The number of imide groups is 1. The van der Waals surface area contributed by atoms with Crippen molar-refractivity contribution in [3.63, 3.8) is 0 Å². The van der Waals surface area contributed by atoms with E-state index in [0.29, 0.717) is 13.1 Å². The molecule has 0 aliphatic rings. The summed E-state index contributed by atoms with van der Waals surface area (Å²) < 4.78 is 0. The van der Waals surface area contributed by atoms with E-state index in [0.717, 1.165) is 25.7 Å². The molecular weight excluding hydrogens is 194 g/mol. The Balaban J connectivity index is 4.07.